The van der Waals surface area contributed by atoms with Crippen LogP contribution in [0, 0.1) is 0 Å². The summed E-state index contributed by atoms with van der Waals surface area (Å²) in [6.07, 6.45) is 0.143. The Labute approximate surface area is 185 Å². The smallest absolute Gasteiger partial charge is 0.232 e. The second-order valence-electron chi connectivity index (χ2n) is 6.19. The summed E-state index contributed by atoms with van der Waals surface area (Å²) < 4.78 is 11.5. The van der Waals surface area contributed by atoms with Crippen molar-refractivity contribution >= 4 is 66.3 Å². The lowest BCUT2D eigenvalue weighted by Gasteiger charge is -2.10. The van der Waals surface area contributed by atoms with Crippen molar-refractivity contribution in [3.63, 3.8) is 0 Å². The number of nitrogens with zero attached hydrogens (tertiary/aromatic N) is 2. The minimum absolute atomic E-state index is 0.143. The predicted molar refractivity (Wildman–Crippen MR) is 122 cm³/mol. The van der Waals surface area contributed by atoms with E-state index < -0.39 is 0 Å². The summed E-state index contributed by atoms with van der Waals surface area (Å²) >= 11 is 8.79. The highest BCUT2D eigenvalue weighted by Gasteiger charge is 2.13. The van der Waals surface area contributed by atoms with Gasteiger partial charge in [-0.05, 0) is 30.3 Å². The third kappa shape index (κ3) is 4.64. The normalized spacial score (nSPS) is 10.8. The standard InChI is InChI=1S/C20H17ClN4O3S2/c1-27-13-4-6-16(28-2)15(9-13)24-19-22-12(10-29-19)8-18(26)25-20-23-14-5-3-11(21)7-17(14)30-20/h3-7,9-10H,8H2,1-2H3,(H,22,24)(H,23,25,26). The molecule has 0 saturated heterocycles. The molecule has 2 aromatic heterocycles. The van der Waals surface area contributed by atoms with E-state index in [1.165, 1.54) is 22.7 Å². The van der Waals surface area contributed by atoms with Gasteiger partial charge in [0.25, 0.3) is 0 Å². The summed E-state index contributed by atoms with van der Waals surface area (Å²) in [5, 5.41) is 9.70. The van der Waals surface area contributed by atoms with Crippen molar-refractivity contribution in [2.75, 3.05) is 24.9 Å². The number of ether oxygens (including phenoxy) is 2. The zero-order valence-electron chi connectivity index (χ0n) is 16.1. The number of carbonyl (C=O) groups excluding carboxylic acids is 1. The van der Waals surface area contributed by atoms with Gasteiger partial charge < -0.3 is 20.1 Å². The van der Waals surface area contributed by atoms with Gasteiger partial charge in [0.05, 0.1) is 42.2 Å². The van der Waals surface area contributed by atoms with Gasteiger partial charge in [0.15, 0.2) is 10.3 Å². The van der Waals surface area contributed by atoms with E-state index >= 15 is 0 Å². The molecule has 1 amide bonds. The first-order chi connectivity index (χ1) is 14.5. The summed E-state index contributed by atoms with van der Waals surface area (Å²) in [6, 6.07) is 10.9. The molecule has 154 valence electrons. The first kappa shape index (κ1) is 20.4. The van der Waals surface area contributed by atoms with Crippen molar-refractivity contribution < 1.29 is 14.3 Å². The molecule has 0 fully saturated rings. The summed E-state index contributed by atoms with van der Waals surface area (Å²) in [4.78, 5) is 21.3. The highest BCUT2D eigenvalue weighted by molar-refractivity contribution is 7.22. The Balaban J connectivity index is 1.42. The summed E-state index contributed by atoms with van der Waals surface area (Å²) in [6.45, 7) is 0. The van der Waals surface area contributed by atoms with E-state index in [2.05, 4.69) is 20.6 Å². The Kier molecular flexibility index (Phi) is 6.03. The Hall–Kier alpha value is -2.88. The Morgan fingerprint density at radius 3 is 2.77 bits per heavy atom. The van der Waals surface area contributed by atoms with Crippen LogP contribution in [0.2, 0.25) is 5.02 Å². The molecule has 10 heteroatoms. The molecular weight excluding hydrogens is 444 g/mol. The highest BCUT2D eigenvalue weighted by atomic mass is 35.5. The van der Waals surface area contributed by atoms with Crippen LogP contribution in [0.3, 0.4) is 0 Å². The fraction of sp³-hybridized carbons (Fsp3) is 0.150. The summed E-state index contributed by atoms with van der Waals surface area (Å²) in [5.74, 6) is 1.18. The highest BCUT2D eigenvalue weighted by Crippen LogP contribution is 2.33. The maximum Gasteiger partial charge on any atom is 0.232 e. The minimum Gasteiger partial charge on any atom is -0.497 e. The van der Waals surface area contributed by atoms with Crippen LogP contribution in [0.4, 0.5) is 16.0 Å². The zero-order chi connectivity index (χ0) is 21.1. The molecule has 2 aromatic carbocycles. The molecule has 0 aliphatic heterocycles. The number of nitrogens with one attached hydrogen (secondary N) is 2. The number of aromatic nitrogens is 2. The molecule has 4 rings (SSSR count). The molecular formula is C20H17ClN4O3S2. The molecule has 2 heterocycles. The number of benzene rings is 2. The number of hydrogen-bond acceptors (Lipinski definition) is 8. The molecule has 0 aliphatic rings. The first-order valence-corrected chi connectivity index (χ1v) is 10.9. The maximum atomic E-state index is 12.4. The SMILES string of the molecule is COc1ccc(OC)c(Nc2nc(CC(=O)Nc3nc4ccc(Cl)cc4s3)cs2)c1. The molecule has 0 unspecified atom stereocenters. The van der Waals surface area contributed by atoms with Crippen molar-refractivity contribution in [3.05, 3.63) is 52.5 Å². The molecule has 4 aromatic rings. The molecule has 7 nitrogen and oxygen atoms in total. The van der Waals surface area contributed by atoms with Crippen LogP contribution in [0.15, 0.2) is 41.8 Å². The number of hydrogen-bond donors (Lipinski definition) is 2. The van der Waals surface area contributed by atoms with Crippen LogP contribution in [0.1, 0.15) is 5.69 Å². The monoisotopic (exact) mass is 460 g/mol. The van der Waals surface area contributed by atoms with Gasteiger partial charge in [-0.15, -0.1) is 11.3 Å². The van der Waals surface area contributed by atoms with Gasteiger partial charge in [0.2, 0.25) is 5.91 Å². The number of fused-ring (bicyclic) bond motifs is 1. The fourth-order valence-electron chi connectivity index (χ4n) is 2.75. The quantitative estimate of drug-likeness (QED) is 0.386. The van der Waals surface area contributed by atoms with Crippen LogP contribution < -0.4 is 20.1 Å². The van der Waals surface area contributed by atoms with Crippen LogP contribution in [-0.2, 0) is 11.2 Å². The van der Waals surface area contributed by atoms with Gasteiger partial charge in [-0.1, -0.05) is 22.9 Å². The Bertz CT molecular complexity index is 1210. The summed E-state index contributed by atoms with van der Waals surface area (Å²) in [5.41, 5.74) is 2.19. The molecule has 2 N–H and O–H groups in total. The van der Waals surface area contributed by atoms with Crippen LogP contribution in [0.25, 0.3) is 10.2 Å². The van der Waals surface area contributed by atoms with E-state index in [-0.39, 0.29) is 12.3 Å². The second kappa shape index (κ2) is 8.86. The van der Waals surface area contributed by atoms with Crippen molar-refractivity contribution in [1.29, 1.82) is 0 Å². The fourth-order valence-corrected chi connectivity index (χ4v) is 4.63. The van der Waals surface area contributed by atoms with Crippen molar-refractivity contribution in [1.82, 2.24) is 9.97 Å². The lowest BCUT2D eigenvalue weighted by Crippen LogP contribution is -2.14. The number of rotatable bonds is 7. The number of thiazole rings is 2. The van der Waals surface area contributed by atoms with Crippen molar-refractivity contribution in [3.8, 4) is 11.5 Å². The topological polar surface area (TPSA) is 85.4 Å². The van der Waals surface area contributed by atoms with E-state index in [1.54, 1.807) is 20.3 Å². The van der Waals surface area contributed by atoms with E-state index in [0.717, 1.165) is 15.9 Å². The number of methoxy groups -OCH3 is 2. The Morgan fingerprint density at radius 2 is 1.97 bits per heavy atom. The zero-order valence-corrected chi connectivity index (χ0v) is 18.5. The number of anilines is 3. The average Bonchev–Trinajstić information content (AvgIpc) is 3.33. The van der Waals surface area contributed by atoms with Gasteiger partial charge in [0, 0.05) is 16.5 Å². The van der Waals surface area contributed by atoms with Crippen LogP contribution in [0.5, 0.6) is 11.5 Å². The van der Waals surface area contributed by atoms with E-state index in [1.807, 2.05) is 35.7 Å². The summed E-state index contributed by atoms with van der Waals surface area (Å²) in [7, 11) is 3.20. The molecule has 0 saturated carbocycles. The second-order valence-corrected chi connectivity index (χ2v) is 8.52. The lowest BCUT2D eigenvalue weighted by molar-refractivity contribution is -0.115. The third-order valence-corrected chi connectivity index (χ3v) is 6.11. The van der Waals surface area contributed by atoms with Gasteiger partial charge in [-0.25, -0.2) is 9.97 Å². The lowest BCUT2D eigenvalue weighted by atomic mass is 10.2. The van der Waals surface area contributed by atoms with Crippen LogP contribution >= 0.6 is 34.3 Å². The van der Waals surface area contributed by atoms with Crippen molar-refractivity contribution in [2.45, 2.75) is 6.42 Å². The number of amides is 1. The molecule has 0 atom stereocenters. The van der Waals surface area contributed by atoms with E-state index in [0.29, 0.717) is 32.5 Å². The average molecular weight is 461 g/mol. The van der Waals surface area contributed by atoms with Crippen LogP contribution in [-0.4, -0.2) is 30.1 Å². The predicted octanol–water partition coefficient (Wildman–Crippen LogP) is 5.35. The van der Waals surface area contributed by atoms with Gasteiger partial charge in [-0.3, -0.25) is 4.79 Å². The number of carbonyl (C=O) groups is 1. The van der Waals surface area contributed by atoms with Crippen molar-refractivity contribution in [2.24, 2.45) is 0 Å². The van der Waals surface area contributed by atoms with Gasteiger partial charge in [0.1, 0.15) is 11.5 Å². The minimum atomic E-state index is -0.184. The molecule has 30 heavy (non-hydrogen) atoms. The van der Waals surface area contributed by atoms with E-state index in [4.69, 9.17) is 21.1 Å². The first-order valence-electron chi connectivity index (χ1n) is 8.83. The maximum absolute atomic E-state index is 12.4. The van der Waals surface area contributed by atoms with Gasteiger partial charge >= 0.3 is 0 Å². The largest absolute Gasteiger partial charge is 0.497 e. The number of halogens is 1. The molecule has 0 spiro atoms. The molecule has 0 bridgehead atoms. The molecule has 0 radical (unpaired) electrons. The Morgan fingerprint density at radius 1 is 1.10 bits per heavy atom. The van der Waals surface area contributed by atoms with Gasteiger partial charge in [-0.2, -0.15) is 0 Å². The molecule has 0 aliphatic carbocycles. The third-order valence-electron chi connectivity index (χ3n) is 4.14. The van der Waals surface area contributed by atoms with E-state index in [9.17, 15) is 4.79 Å².